The molecule has 0 saturated carbocycles. The third kappa shape index (κ3) is 6.65. The van der Waals surface area contributed by atoms with Crippen molar-refractivity contribution in [3.63, 3.8) is 0 Å². The number of amides is 2. The zero-order valence-electron chi connectivity index (χ0n) is 16.3. The van der Waals surface area contributed by atoms with E-state index in [1.807, 2.05) is 30.3 Å². The lowest BCUT2D eigenvalue weighted by atomic mass is 10.2. The molecule has 31 heavy (non-hydrogen) atoms. The molecule has 8 heteroatoms. The summed E-state index contributed by atoms with van der Waals surface area (Å²) < 4.78 is 19.3. The number of hydrogen-bond acceptors (Lipinski definition) is 4. The van der Waals surface area contributed by atoms with Crippen LogP contribution in [0.2, 0.25) is 5.02 Å². The standard InChI is InChI=1S/C23H19ClFN3O3/c24-20-7-4-8-21(25)19(20)15-31-18-11-9-17(10-12-18)14-27-28-23(30)22(29)26-13-16-5-2-1-3-6-16/h1-12,14H,13,15H2,(H,26,29)(H,28,30)/b27-14+. The molecule has 2 amide bonds. The fraction of sp³-hybridized carbons (Fsp3) is 0.0870. The van der Waals surface area contributed by atoms with Crippen LogP contribution in [0.15, 0.2) is 77.9 Å². The van der Waals surface area contributed by atoms with Crippen LogP contribution in [0.1, 0.15) is 16.7 Å². The first-order chi connectivity index (χ1) is 15.0. The lowest BCUT2D eigenvalue weighted by Gasteiger charge is -2.09. The zero-order valence-corrected chi connectivity index (χ0v) is 17.1. The Balaban J connectivity index is 1.45. The van der Waals surface area contributed by atoms with Crippen molar-refractivity contribution in [1.82, 2.24) is 10.7 Å². The minimum atomic E-state index is -0.867. The van der Waals surface area contributed by atoms with Gasteiger partial charge in [0.15, 0.2) is 0 Å². The van der Waals surface area contributed by atoms with Crippen molar-refractivity contribution in [2.24, 2.45) is 5.10 Å². The smallest absolute Gasteiger partial charge is 0.329 e. The first kappa shape index (κ1) is 22.0. The second-order valence-corrected chi connectivity index (χ2v) is 6.83. The van der Waals surface area contributed by atoms with E-state index in [1.165, 1.54) is 18.3 Å². The summed E-state index contributed by atoms with van der Waals surface area (Å²) in [6, 6.07) is 20.4. The monoisotopic (exact) mass is 439 g/mol. The largest absolute Gasteiger partial charge is 0.489 e. The van der Waals surface area contributed by atoms with Gasteiger partial charge in [0, 0.05) is 12.1 Å². The van der Waals surface area contributed by atoms with E-state index in [2.05, 4.69) is 15.8 Å². The van der Waals surface area contributed by atoms with Crippen molar-refractivity contribution in [3.05, 3.63) is 100 Å². The number of halogens is 2. The third-order valence-electron chi connectivity index (χ3n) is 4.21. The lowest BCUT2D eigenvalue weighted by Crippen LogP contribution is -2.37. The van der Waals surface area contributed by atoms with Crippen molar-refractivity contribution in [1.29, 1.82) is 0 Å². The van der Waals surface area contributed by atoms with E-state index in [4.69, 9.17) is 16.3 Å². The Kier molecular flexibility index (Phi) is 7.73. The fourth-order valence-electron chi connectivity index (χ4n) is 2.55. The summed E-state index contributed by atoms with van der Waals surface area (Å²) >= 11 is 5.98. The summed E-state index contributed by atoms with van der Waals surface area (Å²) in [6.45, 7) is 0.240. The molecule has 3 rings (SSSR count). The molecule has 0 saturated heterocycles. The number of benzene rings is 3. The minimum absolute atomic E-state index is 0.00685. The van der Waals surface area contributed by atoms with Gasteiger partial charge in [-0.1, -0.05) is 48.0 Å². The quantitative estimate of drug-likeness (QED) is 0.333. The number of carbonyl (C=O) groups is 2. The van der Waals surface area contributed by atoms with E-state index in [0.29, 0.717) is 16.3 Å². The topological polar surface area (TPSA) is 79.8 Å². The number of rotatable bonds is 7. The molecule has 0 aliphatic rings. The first-order valence-corrected chi connectivity index (χ1v) is 9.71. The molecule has 0 spiro atoms. The molecule has 0 aromatic heterocycles. The van der Waals surface area contributed by atoms with E-state index in [-0.39, 0.29) is 18.7 Å². The predicted octanol–water partition coefficient (Wildman–Crippen LogP) is 3.82. The van der Waals surface area contributed by atoms with E-state index in [1.54, 1.807) is 30.3 Å². The Labute approximate surface area is 183 Å². The van der Waals surface area contributed by atoms with Crippen LogP contribution in [0.25, 0.3) is 0 Å². The van der Waals surface area contributed by atoms with E-state index in [0.717, 1.165) is 5.56 Å². The van der Waals surface area contributed by atoms with Gasteiger partial charge < -0.3 is 10.1 Å². The van der Waals surface area contributed by atoms with E-state index in [9.17, 15) is 14.0 Å². The molecule has 2 N–H and O–H groups in total. The Hall–Kier alpha value is -3.71. The molecule has 0 unspecified atom stereocenters. The highest BCUT2D eigenvalue weighted by Crippen LogP contribution is 2.21. The van der Waals surface area contributed by atoms with Gasteiger partial charge in [-0.25, -0.2) is 9.82 Å². The van der Waals surface area contributed by atoms with Crippen molar-refractivity contribution >= 4 is 29.6 Å². The number of hydrazone groups is 1. The van der Waals surface area contributed by atoms with Crippen LogP contribution in [0.5, 0.6) is 5.75 Å². The molecule has 3 aromatic carbocycles. The van der Waals surface area contributed by atoms with Crippen LogP contribution in [0, 0.1) is 5.82 Å². The highest BCUT2D eigenvalue weighted by molar-refractivity contribution is 6.35. The summed E-state index contributed by atoms with van der Waals surface area (Å²) in [7, 11) is 0. The lowest BCUT2D eigenvalue weighted by molar-refractivity contribution is -0.139. The van der Waals surface area contributed by atoms with Crippen LogP contribution in [0.3, 0.4) is 0 Å². The molecule has 0 fully saturated rings. The van der Waals surface area contributed by atoms with Crippen LogP contribution in [-0.2, 0) is 22.7 Å². The molecule has 0 atom stereocenters. The average molecular weight is 440 g/mol. The van der Waals surface area contributed by atoms with Gasteiger partial charge in [0.05, 0.1) is 11.2 Å². The highest BCUT2D eigenvalue weighted by Gasteiger charge is 2.11. The van der Waals surface area contributed by atoms with Gasteiger partial charge in [0.25, 0.3) is 0 Å². The SMILES string of the molecule is O=C(NCc1ccccc1)C(=O)N/N=C/c1ccc(OCc2c(F)cccc2Cl)cc1. The molecule has 0 bridgehead atoms. The summed E-state index contributed by atoms with van der Waals surface area (Å²) in [5.74, 6) is -1.56. The molecule has 0 heterocycles. The molecule has 3 aromatic rings. The maximum Gasteiger partial charge on any atom is 0.329 e. The number of hydrogen-bond donors (Lipinski definition) is 2. The van der Waals surface area contributed by atoms with Crippen LogP contribution < -0.4 is 15.5 Å². The summed E-state index contributed by atoms with van der Waals surface area (Å²) in [5, 5.41) is 6.58. The van der Waals surface area contributed by atoms with Crippen molar-refractivity contribution in [2.45, 2.75) is 13.2 Å². The molecule has 6 nitrogen and oxygen atoms in total. The molecular weight excluding hydrogens is 421 g/mol. The Morgan fingerprint density at radius 2 is 1.71 bits per heavy atom. The Morgan fingerprint density at radius 1 is 0.968 bits per heavy atom. The van der Waals surface area contributed by atoms with Gasteiger partial charge in [-0.3, -0.25) is 9.59 Å². The Bertz CT molecular complexity index is 1050. The van der Waals surface area contributed by atoms with E-state index < -0.39 is 17.6 Å². The third-order valence-corrected chi connectivity index (χ3v) is 4.56. The van der Waals surface area contributed by atoms with Gasteiger partial charge in [0.1, 0.15) is 18.2 Å². The summed E-state index contributed by atoms with van der Waals surface area (Å²) in [4.78, 5) is 23.6. The molecule has 158 valence electrons. The fourth-order valence-corrected chi connectivity index (χ4v) is 2.77. The number of ether oxygens (including phenoxy) is 1. The molecule has 0 aliphatic heterocycles. The highest BCUT2D eigenvalue weighted by atomic mass is 35.5. The molecule has 0 radical (unpaired) electrons. The van der Waals surface area contributed by atoms with Crippen LogP contribution in [-0.4, -0.2) is 18.0 Å². The van der Waals surface area contributed by atoms with Crippen molar-refractivity contribution < 1.29 is 18.7 Å². The number of carbonyl (C=O) groups excluding carboxylic acids is 2. The maximum atomic E-state index is 13.8. The normalized spacial score (nSPS) is 10.6. The Morgan fingerprint density at radius 3 is 2.42 bits per heavy atom. The van der Waals surface area contributed by atoms with Gasteiger partial charge in [0.2, 0.25) is 0 Å². The van der Waals surface area contributed by atoms with Crippen LogP contribution in [0.4, 0.5) is 4.39 Å². The van der Waals surface area contributed by atoms with Crippen molar-refractivity contribution in [3.8, 4) is 5.75 Å². The van der Waals surface area contributed by atoms with Crippen LogP contribution >= 0.6 is 11.6 Å². The van der Waals surface area contributed by atoms with E-state index >= 15 is 0 Å². The van der Waals surface area contributed by atoms with Crippen molar-refractivity contribution in [2.75, 3.05) is 0 Å². The second kappa shape index (κ2) is 10.9. The second-order valence-electron chi connectivity index (χ2n) is 6.43. The minimum Gasteiger partial charge on any atom is -0.489 e. The summed E-state index contributed by atoms with van der Waals surface area (Å²) in [5.41, 5.74) is 4.00. The summed E-state index contributed by atoms with van der Waals surface area (Å²) in [6.07, 6.45) is 1.39. The van der Waals surface area contributed by atoms with Gasteiger partial charge in [-0.05, 0) is 47.5 Å². The maximum absolute atomic E-state index is 13.8. The zero-order chi connectivity index (χ0) is 22.1. The first-order valence-electron chi connectivity index (χ1n) is 9.34. The average Bonchev–Trinajstić information content (AvgIpc) is 2.78. The molecular formula is C23H19ClFN3O3. The van der Waals surface area contributed by atoms with Gasteiger partial charge >= 0.3 is 11.8 Å². The van der Waals surface area contributed by atoms with Gasteiger partial charge in [-0.15, -0.1) is 0 Å². The van der Waals surface area contributed by atoms with Gasteiger partial charge in [-0.2, -0.15) is 5.10 Å². The number of nitrogens with zero attached hydrogens (tertiary/aromatic N) is 1. The molecule has 0 aliphatic carbocycles. The number of nitrogens with one attached hydrogen (secondary N) is 2. The predicted molar refractivity (Wildman–Crippen MR) is 116 cm³/mol.